The molecule has 39 heavy (non-hydrogen) atoms. The summed E-state index contributed by atoms with van der Waals surface area (Å²) in [5, 5.41) is 4.05. The number of aromatic nitrogens is 3. The first kappa shape index (κ1) is 28.0. The number of hydrogen-bond donors (Lipinski definition) is 2. The normalized spacial score (nSPS) is 18.4. The van der Waals surface area contributed by atoms with Crippen LogP contribution in [0.5, 0.6) is 5.88 Å². The number of aliphatic imine (C=N–C) groups is 1. The molecule has 0 radical (unpaired) electrons. The van der Waals surface area contributed by atoms with Crippen LogP contribution in [0.25, 0.3) is 11.0 Å². The molecule has 1 unspecified atom stereocenters. The second kappa shape index (κ2) is 11.4. The van der Waals surface area contributed by atoms with Crippen molar-refractivity contribution in [3.63, 3.8) is 0 Å². The van der Waals surface area contributed by atoms with Crippen molar-refractivity contribution < 1.29 is 28.5 Å². The molecule has 4 rings (SSSR count). The van der Waals surface area contributed by atoms with Crippen molar-refractivity contribution in [2.24, 2.45) is 4.99 Å². The van der Waals surface area contributed by atoms with Crippen LogP contribution in [0.3, 0.4) is 0 Å². The van der Waals surface area contributed by atoms with Gasteiger partial charge in [0, 0.05) is 19.1 Å². The number of carbonyl (C=O) groups excluding carboxylic acids is 2. The molecular formula is C26H35N7O6. The maximum absolute atomic E-state index is 12.8. The number of amides is 2. The Bertz CT molecular complexity index is 1260. The molecule has 1 atom stereocenters. The SMILES string of the molecule is CC(C)(C)OC(=O)NC1=CN=CC(c2ccc3ncnc(OC4CCOCC4)c3n2)N1NC(=O)OC(C)(C)C. The van der Waals surface area contributed by atoms with Gasteiger partial charge in [-0.2, -0.15) is 4.98 Å². The summed E-state index contributed by atoms with van der Waals surface area (Å²) in [5.41, 5.74) is 2.77. The summed E-state index contributed by atoms with van der Waals surface area (Å²) in [4.78, 5) is 43.1. The van der Waals surface area contributed by atoms with Gasteiger partial charge in [0.2, 0.25) is 5.88 Å². The fraction of sp³-hybridized carbons (Fsp3) is 0.538. The molecule has 4 heterocycles. The Morgan fingerprint density at radius 3 is 2.38 bits per heavy atom. The van der Waals surface area contributed by atoms with E-state index in [1.165, 1.54) is 17.5 Å². The van der Waals surface area contributed by atoms with Gasteiger partial charge in [0.05, 0.1) is 30.6 Å². The number of carbonyl (C=O) groups is 2. The zero-order valence-electron chi connectivity index (χ0n) is 23.1. The molecule has 0 spiro atoms. The van der Waals surface area contributed by atoms with Crippen LogP contribution in [0.2, 0.25) is 0 Å². The molecule has 13 heteroatoms. The monoisotopic (exact) mass is 541 g/mol. The highest BCUT2D eigenvalue weighted by molar-refractivity contribution is 5.80. The van der Waals surface area contributed by atoms with E-state index >= 15 is 0 Å². The Morgan fingerprint density at radius 1 is 1.00 bits per heavy atom. The van der Waals surface area contributed by atoms with Crippen LogP contribution in [0.1, 0.15) is 66.1 Å². The summed E-state index contributed by atoms with van der Waals surface area (Å²) in [6.45, 7) is 11.8. The third-order valence-electron chi connectivity index (χ3n) is 5.42. The predicted octanol–water partition coefficient (Wildman–Crippen LogP) is 3.77. The third-order valence-corrected chi connectivity index (χ3v) is 5.42. The Labute approximate surface area is 227 Å². The van der Waals surface area contributed by atoms with E-state index < -0.39 is 29.4 Å². The van der Waals surface area contributed by atoms with Crippen molar-refractivity contribution in [3.05, 3.63) is 36.2 Å². The second-order valence-electron chi connectivity index (χ2n) is 11.1. The fourth-order valence-electron chi connectivity index (χ4n) is 3.85. The number of hydrazine groups is 1. The van der Waals surface area contributed by atoms with Crippen molar-refractivity contribution in [3.8, 4) is 5.88 Å². The molecule has 2 aliphatic heterocycles. The van der Waals surface area contributed by atoms with Crippen LogP contribution in [0, 0.1) is 0 Å². The fourth-order valence-corrected chi connectivity index (χ4v) is 3.85. The van der Waals surface area contributed by atoms with Gasteiger partial charge in [-0.1, -0.05) is 0 Å². The molecule has 13 nitrogen and oxygen atoms in total. The van der Waals surface area contributed by atoms with Gasteiger partial charge in [0.1, 0.15) is 35.5 Å². The van der Waals surface area contributed by atoms with Crippen molar-refractivity contribution in [2.45, 2.75) is 77.7 Å². The third kappa shape index (κ3) is 7.76. The molecule has 2 N–H and O–H groups in total. The van der Waals surface area contributed by atoms with E-state index in [9.17, 15) is 9.59 Å². The topological polar surface area (TPSA) is 149 Å². The quantitative estimate of drug-likeness (QED) is 0.573. The lowest BCUT2D eigenvalue weighted by atomic mass is 10.1. The summed E-state index contributed by atoms with van der Waals surface area (Å²) in [6, 6.07) is 2.81. The van der Waals surface area contributed by atoms with Crippen molar-refractivity contribution >= 4 is 29.4 Å². The molecule has 2 aliphatic rings. The number of ether oxygens (including phenoxy) is 4. The van der Waals surface area contributed by atoms with E-state index in [1.54, 1.807) is 59.9 Å². The predicted molar refractivity (Wildman–Crippen MR) is 142 cm³/mol. The lowest BCUT2D eigenvalue weighted by Gasteiger charge is -2.35. The van der Waals surface area contributed by atoms with Crippen LogP contribution >= 0.6 is 0 Å². The first-order chi connectivity index (χ1) is 18.4. The zero-order valence-corrected chi connectivity index (χ0v) is 23.1. The molecule has 2 aromatic rings. The standard InChI is InChI=1S/C26H35N7O6/c1-25(2,3)38-23(34)31-20-14-27-13-19(33(20)32-24(35)39-26(4,5)6)17-7-8-18-21(30-17)22(29-15-28-18)37-16-9-11-36-12-10-16/h7-8,13-16,19H,9-12H2,1-6H3,(H,31,34)(H,32,35). The number of hydrogen-bond acceptors (Lipinski definition) is 11. The summed E-state index contributed by atoms with van der Waals surface area (Å²) in [6.07, 6.45) is 4.41. The first-order valence-corrected chi connectivity index (χ1v) is 12.8. The Kier molecular flexibility index (Phi) is 8.19. The highest BCUT2D eigenvalue weighted by Gasteiger charge is 2.31. The number of nitrogens with zero attached hydrogens (tertiary/aromatic N) is 5. The number of pyridine rings is 1. The molecule has 0 aliphatic carbocycles. The highest BCUT2D eigenvalue weighted by atomic mass is 16.6. The Hall–Kier alpha value is -4.00. The van der Waals surface area contributed by atoms with Crippen LogP contribution < -0.4 is 15.5 Å². The van der Waals surface area contributed by atoms with Gasteiger partial charge < -0.3 is 18.9 Å². The first-order valence-electron chi connectivity index (χ1n) is 12.8. The van der Waals surface area contributed by atoms with E-state index in [1.807, 2.05) is 0 Å². The molecule has 0 bridgehead atoms. The van der Waals surface area contributed by atoms with Crippen LogP contribution in [0.4, 0.5) is 9.59 Å². The number of nitrogens with one attached hydrogen (secondary N) is 2. The van der Waals surface area contributed by atoms with Gasteiger partial charge in [0.25, 0.3) is 0 Å². The minimum Gasteiger partial charge on any atom is -0.473 e. The van der Waals surface area contributed by atoms with Gasteiger partial charge in [-0.25, -0.2) is 25.0 Å². The Morgan fingerprint density at radius 2 is 1.69 bits per heavy atom. The van der Waals surface area contributed by atoms with Gasteiger partial charge in [-0.3, -0.25) is 15.3 Å². The summed E-state index contributed by atoms with van der Waals surface area (Å²) in [7, 11) is 0. The second-order valence-corrected chi connectivity index (χ2v) is 11.1. The molecule has 2 amide bonds. The molecule has 0 saturated carbocycles. The minimum absolute atomic E-state index is 0.0450. The van der Waals surface area contributed by atoms with Crippen molar-refractivity contribution in [1.29, 1.82) is 0 Å². The maximum atomic E-state index is 12.8. The van der Waals surface area contributed by atoms with E-state index in [4.69, 9.17) is 23.9 Å². The van der Waals surface area contributed by atoms with Gasteiger partial charge in [-0.05, 0) is 53.7 Å². The number of rotatable bonds is 5. The summed E-state index contributed by atoms with van der Waals surface area (Å²) >= 11 is 0. The summed E-state index contributed by atoms with van der Waals surface area (Å²) in [5.74, 6) is 0.517. The van der Waals surface area contributed by atoms with E-state index in [2.05, 4.69) is 25.7 Å². The summed E-state index contributed by atoms with van der Waals surface area (Å²) < 4.78 is 22.4. The van der Waals surface area contributed by atoms with Crippen molar-refractivity contribution in [1.82, 2.24) is 30.7 Å². The smallest absolute Gasteiger partial charge is 0.426 e. The molecule has 0 aromatic carbocycles. The zero-order chi connectivity index (χ0) is 28.2. The largest absolute Gasteiger partial charge is 0.473 e. The average Bonchev–Trinajstić information content (AvgIpc) is 2.83. The van der Waals surface area contributed by atoms with Crippen LogP contribution in [-0.4, -0.2) is 68.9 Å². The average molecular weight is 542 g/mol. The lowest BCUT2D eigenvalue weighted by molar-refractivity contribution is 0.0242. The molecule has 210 valence electrons. The maximum Gasteiger partial charge on any atom is 0.426 e. The van der Waals surface area contributed by atoms with Crippen LogP contribution in [0.15, 0.2) is 35.5 Å². The number of alkyl carbamates (subject to hydrolysis) is 1. The highest BCUT2D eigenvalue weighted by Crippen LogP contribution is 2.28. The number of fused-ring (bicyclic) bond motifs is 1. The van der Waals surface area contributed by atoms with Gasteiger partial charge >= 0.3 is 12.2 Å². The molecule has 1 saturated heterocycles. The Balaban J connectivity index is 1.65. The van der Waals surface area contributed by atoms with Gasteiger partial charge in [-0.15, -0.1) is 0 Å². The van der Waals surface area contributed by atoms with E-state index in [0.29, 0.717) is 35.8 Å². The molecular weight excluding hydrogens is 506 g/mol. The van der Waals surface area contributed by atoms with E-state index in [-0.39, 0.29) is 11.9 Å². The molecule has 1 fully saturated rings. The van der Waals surface area contributed by atoms with Gasteiger partial charge in [0.15, 0.2) is 5.52 Å². The van der Waals surface area contributed by atoms with E-state index in [0.717, 1.165) is 12.8 Å². The lowest BCUT2D eigenvalue weighted by Crippen LogP contribution is -2.51. The van der Waals surface area contributed by atoms with Crippen molar-refractivity contribution in [2.75, 3.05) is 13.2 Å². The molecule has 2 aromatic heterocycles. The van der Waals surface area contributed by atoms with Crippen LogP contribution in [-0.2, 0) is 14.2 Å². The minimum atomic E-state index is -0.749.